The number of carbonyl (C=O) groups excluding carboxylic acids is 2. The molecule has 3 N–H and O–H groups in total. The lowest BCUT2D eigenvalue weighted by molar-refractivity contribution is 0.0935. The summed E-state index contributed by atoms with van der Waals surface area (Å²) in [5.74, 6) is -0.151. The summed E-state index contributed by atoms with van der Waals surface area (Å²) in [4.78, 5) is 26.8. The number of aromatic amines is 1. The first-order chi connectivity index (χ1) is 9.43. The van der Waals surface area contributed by atoms with Gasteiger partial charge in [0.05, 0.1) is 0 Å². The number of ketones is 1. The topological polar surface area (TPSA) is 82.2 Å². The maximum absolute atomic E-state index is 12.3. The number of carbonyl (C=O) groups is 2. The number of hydrogen-bond donors (Lipinski definition) is 3. The first kappa shape index (κ1) is 14.5. The quantitative estimate of drug-likeness (QED) is 0.576. The number of aromatic nitrogens is 1. The lowest BCUT2D eigenvalue weighted by Crippen LogP contribution is -2.33. The Balaban J connectivity index is 2.13. The fourth-order valence-corrected chi connectivity index (χ4v) is 2.76. The van der Waals surface area contributed by atoms with Gasteiger partial charge < -0.3 is 15.4 Å². The fraction of sp³-hybridized carbons (Fsp3) is 0.467. The van der Waals surface area contributed by atoms with Gasteiger partial charge in [-0.1, -0.05) is 12.2 Å². The third kappa shape index (κ3) is 2.67. The molecule has 1 aliphatic rings. The molecule has 1 amide bonds. The van der Waals surface area contributed by atoms with Crippen molar-refractivity contribution in [3.05, 3.63) is 34.7 Å². The average molecular weight is 276 g/mol. The standard InChI is InChI=1S/C15H20N2O3/c1-8-13(10(3)19)9(2)16-14(8)15(20)17-12-5-4-11(6-12)7-18/h4-5,11-12,16,18H,6-7H2,1-3H3,(H,17,20)/t11-,12+/m0/s1. The largest absolute Gasteiger partial charge is 0.396 e. The van der Waals surface area contributed by atoms with Gasteiger partial charge >= 0.3 is 0 Å². The Labute approximate surface area is 118 Å². The number of amides is 1. The van der Waals surface area contributed by atoms with Gasteiger partial charge in [-0.15, -0.1) is 0 Å². The van der Waals surface area contributed by atoms with Gasteiger partial charge in [0.2, 0.25) is 0 Å². The van der Waals surface area contributed by atoms with Crippen molar-refractivity contribution in [1.29, 1.82) is 0 Å². The van der Waals surface area contributed by atoms with Crippen molar-refractivity contribution >= 4 is 11.7 Å². The van der Waals surface area contributed by atoms with Crippen LogP contribution in [0.2, 0.25) is 0 Å². The molecule has 1 aliphatic carbocycles. The van der Waals surface area contributed by atoms with E-state index in [2.05, 4.69) is 10.3 Å². The predicted octanol–water partition coefficient (Wildman–Crippen LogP) is 1.50. The fourth-order valence-electron chi connectivity index (χ4n) is 2.76. The first-order valence-electron chi connectivity index (χ1n) is 6.74. The molecule has 0 saturated heterocycles. The van der Waals surface area contributed by atoms with Gasteiger partial charge in [-0.05, 0) is 32.8 Å². The molecule has 5 nitrogen and oxygen atoms in total. The Morgan fingerprint density at radius 3 is 2.60 bits per heavy atom. The third-order valence-corrected chi connectivity index (χ3v) is 3.74. The van der Waals surface area contributed by atoms with E-state index in [9.17, 15) is 9.59 Å². The molecule has 0 spiro atoms. The van der Waals surface area contributed by atoms with Crippen LogP contribution in [0.4, 0.5) is 0 Å². The Morgan fingerprint density at radius 1 is 1.40 bits per heavy atom. The normalized spacial score (nSPS) is 21.2. The van der Waals surface area contributed by atoms with Gasteiger partial charge in [-0.3, -0.25) is 9.59 Å². The molecule has 1 heterocycles. The Kier molecular flexibility index (Phi) is 4.09. The maximum Gasteiger partial charge on any atom is 0.268 e. The number of H-pyrrole nitrogens is 1. The van der Waals surface area contributed by atoms with Crippen molar-refractivity contribution in [3.63, 3.8) is 0 Å². The van der Waals surface area contributed by atoms with E-state index in [-0.39, 0.29) is 30.3 Å². The van der Waals surface area contributed by atoms with Crippen molar-refractivity contribution in [2.24, 2.45) is 5.92 Å². The number of Topliss-reactive ketones (excluding diaryl/α,β-unsaturated/α-hetero) is 1. The molecule has 5 heteroatoms. The summed E-state index contributed by atoms with van der Waals surface area (Å²) in [6.07, 6.45) is 4.52. The zero-order valence-electron chi connectivity index (χ0n) is 12.0. The smallest absolute Gasteiger partial charge is 0.268 e. The second kappa shape index (κ2) is 5.63. The predicted molar refractivity (Wildman–Crippen MR) is 75.9 cm³/mol. The zero-order chi connectivity index (χ0) is 14.9. The minimum atomic E-state index is -0.216. The van der Waals surface area contributed by atoms with E-state index < -0.39 is 0 Å². The van der Waals surface area contributed by atoms with Gasteiger partial charge in [0.25, 0.3) is 5.91 Å². The molecule has 1 aromatic rings. The van der Waals surface area contributed by atoms with Gasteiger partial charge in [0.1, 0.15) is 5.69 Å². The van der Waals surface area contributed by atoms with Crippen molar-refractivity contribution in [2.45, 2.75) is 33.2 Å². The minimum absolute atomic E-state index is 0.0450. The van der Waals surface area contributed by atoms with Crippen molar-refractivity contribution < 1.29 is 14.7 Å². The molecule has 0 aliphatic heterocycles. The highest BCUT2D eigenvalue weighted by Gasteiger charge is 2.24. The number of nitrogens with one attached hydrogen (secondary N) is 2. The number of rotatable bonds is 4. The van der Waals surface area contributed by atoms with E-state index in [1.165, 1.54) is 6.92 Å². The molecule has 20 heavy (non-hydrogen) atoms. The van der Waals surface area contributed by atoms with Crippen molar-refractivity contribution in [1.82, 2.24) is 10.3 Å². The minimum Gasteiger partial charge on any atom is -0.396 e. The van der Waals surface area contributed by atoms with Gasteiger partial charge in [-0.25, -0.2) is 0 Å². The van der Waals surface area contributed by atoms with Crippen LogP contribution in [-0.2, 0) is 0 Å². The second-order valence-corrected chi connectivity index (χ2v) is 5.32. The molecule has 0 fully saturated rings. The van der Waals surface area contributed by atoms with Crippen molar-refractivity contribution in [3.8, 4) is 0 Å². The highest BCUT2D eigenvalue weighted by Crippen LogP contribution is 2.20. The number of hydrogen-bond acceptors (Lipinski definition) is 3. The Morgan fingerprint density at radius 2 is 2.10 bits per heavy atom. The molecule has 0 aromatic carbocycles. The van der Waals surface area contributed by atoms with Crippen LogP contribution in [0.3, 0.4) is 0 Å². The van der Waals surface area contributed by atoms with Crippen LogP contribution in [0.15, 0.2) is 12.2 Å². The number of aryl methyl sites for hydroxylation is 1. The summed E-state index contributed by atoms with van der Waals surface area (Å²) < 4.78 is 0. The van der Waals surface area contributed by atoms with Gasteiger partial charge in [0.15, 0.2) is 5.78 Å². The molecule has 2 rings (SSSR count). The average Bonchev–Trinajstić information content (AvgIpc) is 2.93. The molecule has 108 valence electrons. The van der Waals surface area contributed by atoms with E-state index in [4.69, 9.17) is 5.11 Å². The summed E-state index contributed by atoms with van der Waals surface area (Å²) in [7, 11) is 0. The first-order valence-corrected chi connectivity index (χ1v) is 6.74. The molecule has 0 radical (unpaired) electrons. The molecular weight excluding hydrogens is 256 g/mol. The van der Waals surface area contributed by atoms with Crippen LogP contribution in [-0.4, -0.2) is 34.4 Å². The van der Waals surface area contributed by atoms with Crippen molar-refractivity contribution in [2.75, 3.05) is 6.61 Å². The molecular formula is C15H20N2O3. The number of aliphatic hydroxyl groups excluding tert-OH is 1. The van der Waals surface area contributed by atoms with Crippen LogP contribution in [0.5, 0.6) is 0 Å². The van der Waals surface area contributed by atoms with E-state index >= 15 is 0 Å². The Bertz CT molecular complexity index is 572. The molecule has 0 bridgehead atoms. The van der Waals surface area contributed by atoms with E-state index in [1.54, 1.807) is 13.8 Å². The highest BCUT2D eigenvalue weighted by atomic mass is 16.3. The maximum atomic E-state index is 12.3. The molecule has 0 unspecified atom stereocenters. The molecule has 2 atom stereocenters. The van der Waals surface area contributed by atoms with Crippen LogP contribution in [0.1, 0.15) is 45.4 Å². The summed E-state index contributed by atoms with van der Waals surface area (Å²) in [6.45, 7) is 5.16. The van der Waals surface area contributed by atoms with Gasteiger partial charge in [0, 0.05) is 29.8 Å². The SMILES string of the molecule is CC(=O)c1c(C)[nH]c(C(=O)N[C@@H]2C=C[C@H](CO)C2)c1C. The summed E-state index contributed by atoms with van der Waals surface area (Å²) in [5, 5.41) is 12.0. The van der Waals surface area contributed by atoms with Crippen LogP contribution in [0, 0.1) is 19.8 Å². The highest BCUT2D eigenvalue weighted by molar-refractivity contribution is 6.02. The summed E-state index contributed by atoms with van der Waals surface area (Å²) in [6, 6.07) is -0.0663. The van der Waals surface area contributed by atoms with Gasteiger partial charge in [-0.2, -0.15) is 0 Å². The van der Waals surface area contributed by atoms with Crippen LogP contribution >= 0.6 is 0 Å². The van der Waals surface area contributed by atoms with E-state index in [0.29, 0.717) is 23.2 Å². The number of aliphatic hydroxyl groups is 1. The summed E-state index contributed by atoms with van der Waals surface area (Å²) in [5.41, 5.74) is 2.43. The Hall–Kier alpha value is -1.88. The molecule has 0 saturated carbocycles. The third-order valence-electron chi connectivity index (χ3n) is 3.74. The molecule has 1 aromatic heterocycles. The lowest BCUT2D eigenvalue weighted by Gasteiger charge is -2.12. The lowest BCUT2D eigenvalue weighted by atomic mass is 10.1. The monoisotopic (exact) mass is 276 g/mol. The van der Waals surface area contributed by atoms with Crippen LogP contribution in [0.25, 0.3) is 0 Å². The summed E-state index contributed by atoms with van der Waals surface area (Å²) >= 11 is 0. The zero-order valence-corrected chi connectivity index (χ0v) is 12.0. The van der Waals surface area contributed by atoms with E-state index in [0.717, 1.165) is 5.69 Å². The van der Waals surface area contributed by atoms with Crippen LogP contribution < -0.4 is 5.32 Å². The van der Waals surface area contributed by atoms with E-state index in [1.807, 2.05) is 12.2 Å². The second-order valence-electron chi connectivity index (χ2n) is 5.32.